The zero-order valence-corrected chi connectivity index (χ0v) is 10.1. The zero-order chi connectivity index (χ0) is 12.2. The van der Waals surface area contributed by atoms with Crippen LogP contribution < -0.4 is 5.32 Å². The van der Waals surface area contributed by atoms with Crippen molar-refractivity contribution in [3.05, 3.63) is 30.0 Å². The third-order valence-electron chi connectivity index (χ3n) is 4.23. The number of carbonyl (C=O) groups excluding carboxylic acids is 1. The third-order valence-corrected chi connectivity index (χ3v) is 4.23. The van der Waals surface area contributed by atoms with E-state index >= 15 is 0 Å². The van der Waals surface area contributed by atoms with Crippen LogP contribution in [0.25, 0.3) is 10.9 Å². The first-order chi connectivity index (χ1) is 8.78. The highest BCUT2D eigenvalue weighted by Gasteiger charge is 2.54. The standard InChI is InChI=1S/C14H15N3O/c18-13(16-14(6-7-14)10-4-5-10)11-3-1-2-9-8-15-17-12(9)11/h1-3,8,10H,4-7H2,(H,15,17)(H,16,18). The van der Waals surface area contributed by atoms with E-state index in [-0.39, 0.29) is 11.4 Å². The Hall–Kier alpha value is -1.84. The molecule has 1 heterocycles. The van der Waals surface area contributed by atoms with E-state index in [1.807, 2.05) is 18.2 Å². The largest absolute Gasteiger partial charge is 0.346 e. The molecule has 2 aliphatic carbocycles. The topological polar surface area (TPSA) is 57.8 Å². The third kappa shape index (κ3) is 1.45. The number of H-pyrrole nitrogens is 1. The van der Waals surface area contributed by atoms with Gasteiger partial charge in [0.2, 0.25) is 0 Å². The van der Waals surface area contributed by atoms with E-state index in [4.69, 9.17) is 0 Å². The van der Waals surface area contributed by atoms with Gasteiger partial charge in [0.25, 0.3) is 5.91 Å². The van der Waals surface area contributed by atoms with Crippen molar-refractivity contribution in [2.24, 2.45) is 5.92 Å². The van der Waals surface area contributed by atoms with Gasteiger partial charge in [-0.3, -0.25) is 9.89 Å². The molecule has 0 bridgehead atoms. The van der Waals surface area contributed by atoms with Gasteiger partial charge in [-0.2, -0.15) is 5.10 Å². The van der Waals surface area contributed by atoms with Gasteiger partial charge in [-0.1, -0.05) is 12.1 Å². The Kier molecular flexibility index (Phi) is 1.88. The van der Waals surface area contributed by atoms with Crippen LogP contribution in [0.2, 0.25) is 0 Å². The second-order valence-electron chi connectivity index (χ2n) is 5.52. The van der Waals surface area contributed by atoms with Crippen molar-refractivity contribution >= 4 is 16.8 Å². The Bertz CT molecular complexity index is 623. The minimum atomic E-state index is 0.0363. The Labute approximate surface area is 105 Å². The number of aromatic nitrogens is 2. The summed E-state index contributed by atoms with van der Waals surface area (Å²) in [5, 5.41) is 11.1. The molecule has 2 fully saturated rings. The Morgan fingerprint density at radius 3 is 2.94 bits per heavy atom. The van der Waals surface area contributed by atoms with Gasteiger partial charge in [-0.25, -0.2) is 0 Å². The number of para-hydroxylation sites is 1. The highest BCUT2D eigenvalue weighted by molar-refractivity contribution is 6.05. The summed E-state index contributed by atoms with van der Waals surface area (Å²) in [7, 11) is 0. The van der Waals surface area contributed by atoms with Crippen molar-refractivity contribution in [1.82, 2.24) is 15.5 Å². The number of hydrogen-bond acceptors (Lipinski definition) is 2. The predicted octanol–water partition coefficient (Wildman–Crippen LogP) is 2.24. The van der Waals surface area contributed by atoms with Gasteiger partial charge >= 0.3 is 0 Å². The number of carbonyl (C=O) groups is 1. The number of fused-ring (bicyclic) bond motifs is 1. The number of hydrogen-bond donors (Lipinski definition) is 2. The van der Waals surface area contributed by atoms with Crippen LogP contribution in [0.15, 0.2) is 24.4 Å². The maximum absolute atomic E-state index is 12.4. The second kappa shape index (κ2) is 3.34. The Balaban J connectivity index is 1.66. The van der Waals surface area contributed by atoms with E-state index in [1.54, 1.807) is 6.20 Å². The maximum atomic E-state index is 12.4. The molecule has 0 aliphatic heterocycles. The second-order valence-corrected chi connectivity index (χ2v) is 5.52. The molecule has 2 saturated carbocycles. The van der Waals surface area contributed by atoms with Crippen molar-refractivity contribution in [2.45, 2.75) is 31.2 Å². The van der Waals surface area contributed by atoms with Gasteiger partial charge < -0.3 is 5.32 Å². The normalized spacial score (nSPS) is 20.9. The first-order valence-corrected chi connectivity index (χ1v) is 6.53. The van der Waals surface area contributed by atoms with E-state index in [2.05, 4.69) is 15.5 Å². The number of rotatable bonds is 3. The van der Waals surface area contributed by atoms with E-state index in [0.29, 0.717) is 5.56 Å². The van der Waals surface area contributed by atoms with Gasteiger partial charge in [0, 0.05) is 10.9 Å². The van der Waals surface area contributed by atoms with Crippen LogP contribution in [-0.2, 0) is 0 Å². The molecular formula is C14H15N3O. The summed E-state index contributed by atoms with van der Waals surface area (Å²) in [5.74, 6) is 0.761. The summed E-state index contributed by atoms with van der Waals surface area (Å²) in [4.78, 5) is 12.4. The maximum Gasteiger partial charge on any atom is 0.253 e. The van der Waals surface area contributed by atoms with Crippen LogP contribution >= 0.6 is 0 Å². The quantitative estimate of drug-likeness (QED) is 0.865. The van der Waals surface area contributed by atoms with Crippen LogP contribution in [0.5, 0.6) is 0 Å². The van der Waals surface area contributed by atoms with Crippen molar-refractivity contribution in [1.29, 1.82) is 0 Å². The first-order valence-electron chi connectivity index (χ1n) is 6.53. The molecule has 2 aliphatic rings. The lowest BCUT2D eigenvalue weighted by atomic mass is 10.1. The monoisotopic (exact) mass is 241 g/mol. The lowest BCUT2D eigenvalue weighted by Gasteiger charge is -2.16. The van der Waals surface area contributed by atoms with E-state index in [1.165, 1.54) is 12.8 Å². The van der Waals surface area contributed by atoms with Crippen LogP contribution in [0, 0.1) is 5.92 Å². The van der Waals surface area contributed by atoms with E-state index in [9.17, 15) is 4.79 Å². The summed E-state index contributed by atoms with van der Waals surface area (Å²) in [5.41, 5.74) is 1.66. The number of nitrogens with zero attached hydrogens (tertiary/aromatic N) is 1. The highest BCUT2D eigenvalue weighted by atomic mass is 16.1. The number of nitrogens with one attached hydrogen (secondary N) is 2. The van der Waals surface area contributed by atoms with Gasteiger partial charge in [0.05, 0.1) is 17.3 Å². The van der Waals surface area contributed by atoms with Gasteiger partial charge in [0.1, 0.15) is 0 Å². The Morgan fingerprint density at radius 1 is 1.39 bits per heavy atom. The molecule has 0 saturated heterocycles. The molecule has 2 aromatic rings. The number of benzene rings is 1. The fourth-order valence-electron chi connectivity index (χ4n) is 2.86. The zero-order valence-electron chi connectivity index (χ0n) is 10.1. The van der Waals surface area contributed by atoms with Crippen LogP contribution in [0.3, 0.4) is 0 Å². The molecule has 1 aromatic carbocycles. The molecular weight excluding hydrogens is 226 g/mol. The van der Waals surface area contributed by atoms with Gasteiger partial charge in [-0.15, -0.1) is 0 Å². The lowest BCUT2D eigenvalue weighted by Crippen LogP contribution is -2.38. The Morgan fingerprint density at radius 2 is 2.22 bits per heavy atom. The van der Waals surface area contributed by atoms with Crippen LogP contribution in [0.4, 0.5) is 0 Å². The SMILES string of the molecule is O=C(NC1(C2CC2)CC1)c1cccc2cn[nH]c12. The molecule has 1 aromatic heterocycles. The molecule has 0 spiro atoms. The molecule has 4 nitrogen and oxygen atoms in total. The average Bonchev–Trinajstić information content (AvgIpc) is 3.27. The van der Waals surface area contributed by atoms with Crippen LogP contribution in [0.1, 0.15) is 36.0 Å². The van der Waals surface area contributed by atoms with Crippen molar-refractivity contribution in [3.63, 3.8) is 0 Å². The van der Waals surface area contributed by atoms with Crippen molar-refractivity contribution in [2.75, 3.05) is 0 Å². The number of amides is 1. The fraction of sp³-hybridized carbons (Fsp3) is 0.429. The van der Waals surface area contributed by atoms with E-state index < -0.39 is 0 Å². The van der Waals surface area contributed by atoms with Crippen molar-refractivity contribution in [3.8, 4) is 0 Å². The molecule has 2 N–H and O–H groups in total. The summed E-state index contributed by atoms with van der Waals surface area (Å²) in [6, 6.07) is 5.73. The molecule has 18 heavy (non-hydrogen) atoms. The molecule has 4 heteroatoms. The molecule has 4 rings (SSSR count). The number of aromatic amines is 1. The summed E-state index contributed by atoms with van der Waals surface area (Å²) in [6.45, 7) is 0. The fourth-order valence-corrected chi connectivity index (χ4v) is 2.86. The van der Waals surface area contributed by atoms with Crippen LogP contribution in [-0.4, -0.2) is 21.6 Å². The summed E-state index contributed by atoms with van der Waals surface area (Å²) in [6.07, 6.45) is 6.58. The van der Waals surface area contributed by atoms with Crippen molar-refractivity contribution < 1.29 is 4.79 Å². The smallest absolute Gasteiger partial charge is 0.253 e. The minimum absolute atomic E-state index is 0.0363. The summed E-state index contributed by atoms with van der Waals surface area (Å²) >= 11 is 0. The summed E-state index contributed by atoms with van der Waals surface area (Å²) < 4.78 is 0. The molecule has 1 amide bonds. The minimum Gasteiger partial charge on any atom is -0.346 e. The molecule has 0 radical (unpaired) electrons. The highest BCUT2D eigenvalue weighted by Crippen LogP contribution is 2.53. The average molecular weight is 241 g/mol. The molecule has 0 atom stereocenters. The van der Waals surface area contributed by atoms with Gasteiger partial charge in [0.15, 0.2) is 0 Å². The predicted molar refractivity (Wildman–Crippen MR) is 68.2 cm³/mol. The molecule has 92 valence electrons. The first kappa shape index (κ1) is 10.1. The lowest BCUT2D eigenvalue weighted by molar-refractivity contribution is 0.0927. The molecule has 0 unspecified atom stereocenters. The van der Waals surface area contributed by atoms with Gasteiger partial charge in [-0.05, 0) is 37.7 Å². The van der Waals surface area contributed by atoms with E-state index in [0.717, 1.165) is 29.7 Å².